The molecule has 1 aromatic heterocycles. The first-order chi connectivity index (χ1) is 12.1. The van der Waals surface area contributed by atoms with E-state index in [4.69, 9.17) is 4.42 Å². The van der Waals surface area contributed by atoms with E-state index in [1.807, 2.05) is 0 Å². The van der Waals surface area contributed by atoms with E-state index in [1.54, 1.807) is 30.0 Å². The van der Waals surface area contributed by atoms with Crippen LogP contribution in [0, 0.1) is 5.82 Å². The molecule has 0 N–H and O–H groups in total. The summed E-state index contributed by atoms with van der Waals surface area (Å²) in [5.41, 5.74) is 1.15. The number of rotatable bonds is 4. The van der Waals surface area contributed by atoms with Gasteiger partial charge in [-0.15, -0.1) is 11.8 Å². The van der Waals surface area contributed by atoms with Gasteiger partial charge in [-0.2, -0.15) is 0 Å². The van der Waals surface area contributed by atoms with Crippen molar-refractivity contribution in [3.05, 3.63) is 70.0 Å². The standard InChI is InChI=1S/C18H13FN2O3S/c19-13-4-2-1-3-12(13)17(22)11-5-6-14-15(9-11)24-18(23)21(14)10-16-20-7-8-25-16/h1-6,9H,7-8,10H2. The SMILES string of the molecule is O=C(c1ccc2c(c1)oc(=O)n2CC1=NCCS1)c1ccccc1F. The Bertz CT molecular complexity index is 1070. The van der Waals surface area contributed by atoms with E-state index >= 15 is 0 Å². The van der Waals surface area contributed by atoms with E-state index < -0.39 is 17.4 Å². The fraction of sp³-hybridized carbons (Fsp3) is 0.167. The molecule has 0 saturated heterocycles. The second-order valence-electron chi connectivity index (χ2n) is 5.57. The predicted molar refractivity (Wildman–Crippen MR) is 95.1 cm³/mol. The van der Waals surface area contributed by atoms with E-state index in [-0.39, 0.29) is 11.1 Å². The summed E-state index contributed by atoms with van der Waals surface area (Å²) in [6, 6.07) is 10.5. The minimum absolute atomic E-state index is 0.0136. The van der Waals surface area contributed by atoms with Gasteiger partial charge < -0.3 is 4.42 Å². The first kappa shape index (κ1) is 15.8. The van der Waals surface area contributed by atoms with Gasteiger partial charge in [0.25, 0.3) is 0 Å². The van der Waals surface area contributed by atoms with Gasteiger partial charge in [-0.05, 0) is 30.3 Å². The summed E-state index contributed by atoms with van der Waals surface area (Å²) < 4.78 is 20.6. The van der Waals surface area contributed by atoms with E-state index in [1.165, 1.54) is 28.8 Å². The molecule has 5 nitrogen and oxygen atoms in total. The van der Waals surface area contributed by atoms with E-state index in [2.05, 4.69) is 4.99 Å². The molecule has 1 aliphatic rings. The first-order valence-corrected chi connectivity index (χ1v) is 8.71. The molecule has 1 aliphatic heterocycles. The zero-order valence-corrected chi connectivity index (χ0v) is 13.9. The Balaban J connectivity index is 1.73. The summed E-state index contributed by atoms with van der Waals surface area (Å²) in [5, 5.41) is 0.885. The van der Waals surface area contributed by atoms with Crippen LogP contribution in [0.1, 0.15) is 15.9 Å². The monoisotopic (exact) mass is 356 g/mol. The molecule has 0 unspecified atom stereocenters. The maximum Gasteiger partial charge on any atom is 0.420 e. The maximum atomic E-state index is 13.8. The molecule has 0 saturated carbocycles. The number of ketones is 1. The highest BCUT2D eigenvalue weighted by molar-refractivity contribution is 8.14. The average molecular weight is 356 g/mol. The molecule has 7 heteroatoms. The van der Waals surface area contributed by atoms with Crippen LogP contribution in [0.2, 0.25) is 0 Å². The van der Waals surface area contributed by atoms with Gasteiger partial charge in [-0.25, -0.2) is 9.18 Å². The van der Waals surface area contributed by atoms with Gasteiger partial charge >= 0.3 is 5.76 Å². The summed E-state index contributed by atoms with van der Waals surface area (Å²) in [7, 11) is 0. The largest absolute Gasteiger partial charge is 0.420 e. The summed E-state index contributed by atoms with van der Waals surface area (Å²) in [4.78, 5) is 28.9. The van der Waals surface area contributed by atoms with Gasteiger partial charge in [0.1, 0.15) is 5.82 Å². The van der Waals surface area contributed by atoms with Crippen molar-refractivity contribution in [1.82, 2.24) is 4.57 Å². The highest BCUT2D eigenvalue weighted by Gasteiger charge is 2.18. The zero-order valence-electron chi connectivity index (χ0n) is 13.1. The van der Waals surface area contributed by atoms with Crippen molar-refractivity contribution < 1.29 is 13.6 Å². The van der Waals surface area contributed by atoms with Crippen LogP contribution < -0.4 is 5.76 Å². The smallest absolute Gasteiger partial charge is 0.408 e. The van der Waals surface area contributed by atoms with Crippen LogP contribution in [0.25, 0.3) is 11.1 Å². The van der Waals surface area contributed by atoms with Crippen LogP contribution in [0.15, 0.2) is 56.7 Å². The number of hydrogen-bond acceptors (Lipinski definition) is 5. The van der Waals surface area contributed by atoms with Gasteiger partial charge in [-0.1, -0.05) is 12.1 Å². The predicted octanol–water partition coefficient (Wildman–Crippen LogP) is 3.11. The number of aromatic nitrogens is 1. The summed E-state index contributed by atoms with van der Waals surface area (Å²) in [5.74, 6) is -0.615. The van der Waals surface area contributed by atoms with Crippen LogP contribution in [0.4, 0.5) is 4.39 Å². The molecule has 25 heavy (non-hydrogen) atoms. The minimum atomic E-state index is -0.581. The molecule has 2 heterocycles. The number of hydrogen-bond donors (Lipinski definition) is 0. The Hall–Kier alpha value is -2.67. The molecule has 0 atom stereocenters. The molecular formula is C18H13FN2O3S. The molecule has 0 bridgehead atoms. The molecule has 0 amide bonds. The van der Waals surface area contributed by atoms with Crippen molar-refractivity contribution in [2.45, 2.75) is 6.54 Å². The number of halogens is 1. The van der Waals surface area contributed by atoms with Crippen LogP contribution in [0.5, 0.6) is 0 Å². The molecule has 0 radical (unpaired) electrons. The normalized spacial score (nSPS) is 14.0. The lowest BCUT2D eigenvalue weighted by Crippen LogP contribution is -2.17. The summed E-state index contributed by atoms with van der Waals surface area (Å²) in [6.45, 7) is 1.11. The topological polar surface area (TPSA) is 64.6 Å². The molecule has 126 valence electrons. The van der Waals surface area contributed by atoms with Crippen LogP contribution in [0.3, 0.4) is 0 Å². The number of oxazole rings is 1. The second kappa shape index (κ2) is 6.33. The molecule has 4 rings (SSSR count). The third kappa shape index (κ3) is 2.91. The summed E-state index contributed by atoms with van der Waals surface area (Å²) >= 11 is 1.62. The summed E-state index contributed by atoms with van der Waals surface area (Å²) in [6.07, 6.45) is 0. The molecule has 0 aliphatic carbocycles. The van der Waals surface area contributed by atoms with Gasteiger partial charge in [0.05, 0.1) is 22.7 Å². The maximum absolute atomic E-state index is 13.8. The highest BCUT2D eigenvalue weighted by atomic mass is 32.2. The van der Waals surface area contributed by atoms with Crippen LogP contribution in [-0.2, 0) is 6.54 Å². The lowest BCUT2D eigenvalue weighted by atomic mass is 10.0. The minimum Gasteiger partial charge on any atom is -0.408 e. The second-order valence-corrected chi connectivity index (χ2v) is 6.74. The van der Waals surface area contributed by atoms with Gasteiger partial charge in [0, 0.05) is 17.9 Å². The van der Waals surface area contributed by atoms with Crippen molar-refractivity contribution in [1.29, 1.82) is 0 Å². The number of carbonyl (C=O) groups excluding carboxylic acids is 1. The van der Waals surface area contributed by atoms with E-state index in [0.29, 0.717) is 17.6 Å². The number of fused-ring (bicyclic) bond motifs is 1. The number of carbonyl (C=O) groups is 1. The highest BCUT2D eigenvalue weighted by Crippen LogP contribution is 2.21. The number of aliphatic imine (C=N–C) groups is 1. The molecule has 3 aromatic rings. The fourth-order valence-corrected chi connectivity index (χ4v) is 3.59. The third-order valence-electron chi connectivity index (χ3n) is 3.99. The Morgan fingerprint density at radius 3 is 2.88 bits per heavy atom. The quantitative estimate of drug-likeness (QED) is 0.674. The van der Waals surface area contributed by atoms with E-state index in [0.717, 1.165) is 17.3 Å². The third-order valence-corrected chi connectivity index (χ3v) is 4.97. The van der Waals surface area contributed by atoms with Gasteiger partial charge in [-0.3, -0.25) is 14.4 Å². The van der Waals surface area contributed by atoms with Crippen molar-refractivity contribution >= 4 is 33.7 Å². The Kier molecular flexibility index (Phi) is 4.01. The molecule has 0 fully saturated rings. The molecule has 2 aromatic carbocycles. The Morgan fingerprint density at radius 1 is 1.28 bits per heavy atom. The number of thioether (sulfide) groups is 1. The van der Waals surface area contributed by atoms with Crippen molar-refractivity contribution in [3.8, 4) is 0 Å². The first-order valence-electron chi connectivity index (χ1n) is 7.72. The average Bonchev–Trinajstić information content (AvgIpc) is 3.23. The van der Waals surface area contributed by atoms with E-state index in [9.17, 15) is 14.0 Å². The van der Waals surface area contributed by atoms with Gasteiger partial charge in [0.15, 0.2) is 11.4 Å². The van der Waals surface area contributed by atoms with Crippen LogP contribution in [-0.4, -0.2) is 27.7 Å². The van der Waals surface area contributed by atoms with Crippen molar-refractivity contribution in [2.24, 2.45) is 4.99 Å². The Morgan fingerprint density at radius 2 is 2.12 bits per heavy atom. The lowest BCUT2D eigenvalue weighted by Gasteiger charge is -2.04. The number of nitrogens with zero attached hydrogens (tertiary/aromatic N) is 2. The van der Waals surface area contributed by atoms with Crippen molar-refractivity contribution in [2.75, 3.05) is 12.3 Å². The Labute approximate surface area is 146 Å². The lowest BCUT2D eigenvalue weighted by molar-refractivity contribution is 0.103. The van der Waals surface area contributed by atoms with Crippen LogP contribution >= 0.6 is 11.8 Å². The molecule has 0 spiro atoms. The zero-order chi connectivity index (χ0) is 17.4. The number of benzene rings is 2. The van der Waals surface area contributed by atoms with Gasteiger partial charge in [0.2, 0.25) is 0 Å². The fourth-order valence-electron chi connectivity index (χ4n) is 2.77. The van der Waals surface area contributed by atoms with Crippen molar-refractivity contribution in [3.63, 3.8) is 0 Å². The molecular weight excluding hydrogens is 343 g/mol.